The third kappa shape index (κ3) is 73.1. The number of hydrogen-bond acceptors (Lipinski definition) is 4. The van der Waals surface area contributed by atoms with Crippen LogP contribution in [-0.4, -0.2) is 43.7 Å². The molecule has 0 aliphatic heterocycles. The Kier molecular flexibility index (Phi) is 25.3. The van der Waals surface area contributed by atoms with Gasteiger partial charge in [-0.2, -0.15) is 8.42 Å². The van der Waals surface area contributed by atoms with Crippen molar-refractivity contribution in [3.8, 4) is 0 Å². The van der Waals surface area contributed by atoms with Crippen molar-refractivity contribution in [2.24, 2.45) is 0 Å². The Morgan fingerprint density at radius 3 is 1.21 bits per heavy atom. The number of unbranched alkanes of at least 4 members (excludes halogenated alkanes) is 2. The second-order valence-electron chi connectivity index (χ2n) is 3.86. The highest BCUT2D eigenvalue weighted by molar-refractivity contribution is 7.79. The molecule has 0 atom stereocenters. The van der Waals surface area contributed by atoms with E-state index in [9.17, 15) is 0 Å². The van der Waals surface area contributed by atoms with Crippen molar-refractivity contribution in [3.63, 3.8) is 0 Å². The van der Waals surface area contributed by atoms with Crippen LogP contribution in [0.4, 0.5) is 0 Å². The maximum atomic E-state index is 8.74. The molecule has 0 aromatic heterocycles. The van der Waals surface area contributed by atoms with E-state index in [0.717, 1.165) is 13.1 Å². The minimum Gasteiger partial charge on any atom is -0.317 e. The first kappa shape index (κ1) is 23.9. The van der Waals surface area contributed by atoms with Gasteiger partial charge in [0.1, 0.15) is 0 Å². The molecule has 0 fully saturated rings. The van der Waals surface area contributed by atoms with Gasteiger partial charge in [0.2, 0.25) is 0 Å². The van der Waals surface area contributed by atoms with Crippen LogP contribution < -0.4 is 10.6 Å². The van der Waals surface area contributed by atoms with Crippen molar-refractivity contribution in [1.82, 2.24) is 10.6 Å². The van der Waals surface area contributed by atoms with E-state index in [1.54, 1.807) is 0 Å². The molecular formula is C12H32N2O4S. The molecule has 0 saturated heterocycles. The molecule has 0 spiro atoms. The first-order valence-corrected chi connectivity index (χ1v) is 8.34. The quantitative estimate of drug-likeness (QED) is 0.405. The molecule has 0 rings (SSSR count). The molecule has 7 heteroatoms. The van der Waals surface area contributed by atoms with Gasteiger partial charge in [0.05, 0.1) is 0 Å². The summed E-state index contributed by atoms with van der Waals surface area (Å²) in [6.07, 6.45) is 5.22. The van der Waals surface area contributed by atoms with Gasteiger partial charge >= 0.3 is 10.4 Å². The molecule has 6 nitrogen and oxygen atoms in total. The van der Waals surface area contributed by atoms with Crippen LogP contribution >= 0.6 is 0 Å². The molecule has 0 unspecified atom stereocenters. The average Bonchev–Trinajstić information content (AvgIpc) is 2.29. The van der Waals surface area contributed by atoms with Gasteiger partial charge in [-0.15, -0.1) is 0 Å². The smallest absolute Gasteiger partial charge is 0.317 e. The lowest BCUT2D eigenvalue weighted by Crippen LogP contribution is -2.13. The Hall–Kier alpha value is -0.210. The van der Waals surface area contributed by atoms with E-state index in [1.807, 2.05) is 0 Å². The van der Waals surface area contributed by atoms with Crippen molar-refractivity contribution in [2.75, 3.05) is 26.2 Å². The van der Waals surface area contributed by atoms with E-state index < -0.39 is 10.4 Å². The van der Waals surface area contributed by atoms with Gasteiger partial charge in [-0.3, -0.25) is 9.11 Å². The first-order chi connectivity index (χ1) is 8.83. The fourth-order valence-electron chi connectivity index (χ4n) is 0.957. The highest BCUT2D eigenvalue weighted by Gasteiger charge is 1.84. The molecule has 0 radical (unpaired) electrons. The summed E-state index contributed by atoms with van der Waals surface area (Å²) in [5.41, 5.74) is 0. The topological polar surface area (TPSA) is 98.7 Å². The normalized spacial score (nSPS) is 10.0. The van der Waals surface area contributed by atoms with Crippen molar-refractivity contribution < 1.29 is 17.5 Å². The maximum Gasteiger partial charge on any atom is 0.394 e. The van der Waals surface area contributed by atoms with Crippen molar-refractivity contribution in [3.05, 3.63) is 0 Å². The zero-order chi connectivity index (χ0) is 15.6. The predicted octanol–water partition coefficient (Wildman–Crippen LogP) is 2.14. The molecule has 0 heterocycles. The Bertz CT molecular complexity index is 208. The molecule has 120 valence electrons. The summed E-state index contributed by atoms with van der Waals surface area (Å²) in [4.78, 5) is 0. The lowest BCUT2D eigenvalue weighted by atomic mass is 10.3. The third-order valence-corrected chi connectivity index (χ3v) is 1.91. The number of rotatable bonds is 8. The van der Waals surface area contributed by atoms with Gasteiger partial charge in [-0.05, 0) is 39.0 Å². The van der Waals surface area contributed by atoms with Crippen LogP contribution in [0.5, 0.6) is 0 Å². The van der Waals surface area contributed by atoms with E-state index in [1.165, 1.54) is 38.8 Å². The highest BCUT2D eigenvalue weighted by atomic mass is 32.3. The second-order valence-corrected chi connectivity index (χ2v) is 4.76. The van der Waals surface area contributed by atoms with Crippen LogP contribution in [0, 0.1) is 0 Å². The van der Waals surface area contributed by atoms with Crippen LogP contribution in [0.15, 0.2) is 0 Å². The lowest BCUT2D eigenvalue weighted by Gasteiger charge is -1.95. The molecule has 0 aromatic rings. The Morgan fingerprint density at radius 1 is 0.789 bits per heavy atom. The number of nitrogens with one attached hydrogen (secondary N) is 2. The van der Waals surface area contributed by atoms with Crippen LogP contribution in [0.3, 0.4) is 0 Å². The van der Waals surface area contributed by atoms with E-state index in [-0.39, 0.29) is 0 Å². The Morgan fingerprint density at radius 2 is 1.05 bits per heavy atom. The van der Waals surface area contributed by atoms with Gasteiger partial charge < -0.3 is 10.6 Å². The largest absolute Gasteiger partial charge is 0.394 e. The molecule has 19 heavy (non-hydrogen) atoms. The summed E-state index contributed by atoms with van der Waals surface area (Å²) in [6, 6.07) is 0. The van der Waals surface area contributed by atoms with Crippen LogP contribution in [0.25, 0.3) is 0 Å². The molecular weight excluding hydrogens is 268 g/mol. The van der Waals surface area contributed by atoms with E-state index >= 15 is 0 Å². The second kappa shape index (κ2) is 20.1. The van der Waals surface area contributed by atoms with E-state index in [2.05, 4.69) is 38.3 Å². The zero-order valence-corrected chi connectivity index (χ0v) is 13.6. The molecule has 0 aliphatic rings. The monoisotopic (exact) mass is 300 g/mol. The average molecular weight is 300 g/mol. The Labute approximate surface area is 118 Å². The molecule has 0 saturated carbocycles. The molecule has 0 aromatic carbocycles. The number of hydrogen-bond donors (Lipinski definition) is 4. The minimum atomic E-state index is -4.67. The minimum absolute atomic E-state index is 1.11. The van der Waals surface area contributed by atoms with Gasteiger partial charge in [-0.25, -0.2) is 0 Å². The van der Waals surface area contributed by atoms with Crippen LogP contribution in [-0.2, 0) is 10.4 Å². The van der Waals surface area contributed by atoms with Gasteiger partial charge in [0, 0.05) is 0 Å². The summed E-state index contributed by atoms with van der Waals surface area (Å²) >= 11 is 0. The SMILES string of the molecule is CCCCNCC.CCCCNCC.O=S(=O)(O)O. The van der Waals surface area contributed by atoms with Gasteiger partial charge in [-0.1, -0.05) is 40.5 Å². The van der Waals surface area contributed by atoms with Crippen molar-refractivity contribution in [2.45, 2.75) is 53.4 Å². The van der Waals surface area contributed by atoms with Crippen LogP contribution in [0.1, 0.15) is 53.4 Å². The van der Waals surface area contributed by atoms with Gasteiger partial charge in [0.15, 0.2) is 0 Å². The fraction of sp³-hybridized carbons (Fsp3) is 1.00. The highest BCUT2D eigenvalue weighted by Crippen LogP contribution is 1.80. The standard InChI is InChI=1S/2C6H15N.H2O4S/c2*1-3-5-6-7-4-2;1-5(2,3)4/h2*7H,3-6H2,1-2H3;(H2,1,2,3,4). The third-order valence-electron chi connectivity index (χ3n) is 1.91. The summed E-state index contributed by atoms with van der Waals surface area (Å²) < 4.78 is 31.6. The Balaban J connectivity index is -0.000000206. The maximum absolute atomic E-state index is 8.74. The zero-order valence-electron chi connectivity index (χ0n) is 12.8. The van der Waals surface area contributed by atoms with Crippen molar-refractivity contribution in [1.29, 1.82) is 0 Å². The van der Waals surface area contributed by atoms with Gasteiger partial charge in [0.25, 0.3) is 0 Å². The lowest BCUT2D eigenvalue weighted by molar-refractivity contribution is 0.381. The van der Waals surface area contributed by atoms with E-state index in [4.69, 9.17) is 17.5 Å². The molecule has 0 bridgehead atoms. The fourth-order valence-corrected chi connectivity index (χ4v) is 0.957. The summed E-state index contributed by atoms with van der Waals surface area (Å²) in [5, 5.41) is 6.50. The van der Waals surface area contributed by atoms with Crippen LogP contribution in [0.2, 0.25) is 0 Å². The summed E-state index contributed by atoms with van der Waals surface area (Å²) in [6.45, 7) is 13.3. The molecule has 4 N–H and O–H groups in total. The summed E-state index contributed by atoms with van der Waals surface area (Å²) in [5.74, 6) is 0. The summed E-state index contributed by atoms with van der Waals surface area (Å²) in [7, 11) is -4.67. The predicted molar refractivity (Wildman–Crippen MR) is 81.1 cm³/mol. The van der Waals surface area contributed by atoms with E-state index in [0.29, 0.717) is 0 Å². The molecule has 0 amide bonds. The molecule has 0 aliphatic carbocycles. The first-order valence-electron chi connectivity index (χ1n) is 6.94. The van der Waals surface area contributed by atoms with Crippen molar-refractivity contribution >= 4 is 10.4 Å².